The average molecular weight is 163 g/mol. The molecule has 1 heterocycles. The molecule has 0 radical (unpaired) electrons. The van der Waals surface area contributed by atoms with E-state index in [1.54, 1.807) is 0 Å². The minimum Gasteiger partial charge on any atom is -0.273 e. The van der Waals surface area contributed by atoms with Gasteiger partial charge in [0.2, 0.25) is 0 Å². The predicted octanol–water partition coefficient (Wildman–Crippen LogP) is 2.39. The summed E-state index contributed by atoms with van der Waals surface area (Å²) in [5.41, 5.74) is 0. The van der Waals surface area contributed by atoms with E-state index in [2.05, 4.69) is 29.6 Å². The normalized spacial score (nSPS) is 29.3. The second kappa shape index (κ2) is 3.80. The van der Waals surface area contributed by atoms with Gasteiger partial charge in [0, 0.05) is 26.1 Å². The highest BCUT2D eigenvalue weighted by Gasteiger charge is 2.18. The first kappa shape index (κ1) is 7.84. The summed E-state index contributed by atoms with van der Waals surface area (Å²) in [5.74, 6) is 1.36. The van der Waals surface area contributed by atoms with Gasteiger partial charge in [-0.1, -0.05) is 6.92 Å². The second-order valence-corrected chi connectivity index (χ2v) is 6.77. The number of hydrogen-bond acceptors (Lipinski definition) is 2. The van der Waals surface area contributed by atoms with Gasteiger partial charge >= 0.3 is 0 Å². The molecule has 1 saturated heterocycles. The van der Waals surface area contributed by atoms with Crippen LogP contribution in [0.1, 0.15) is 13.3 Å². The molecule has 0 N–H and O–H groups in total. The minimum absolute atomic E-state index is 0.216. The zero-order valence-electron chi connectivity index (χ0n) is 6.13. The van der Waals surface area contributed by atoms with Gasteiger partial charge in [0.25, 0.3) is 0 Å². The van der Waals surface area contributed by atoms with Gasteiger partial charge < -0.3 is 0 Å². The highest BCUT2D eigenvalue weighted by molar-refractivity contribution is 8.55. The van der Waals surface area contributed by atoms with E-state index in [1.807, 2.05) is 0 Å². The monoisotopic (exact) mass is 163 g/mol. The van der Waals surface area contributed by atoms with Crippen molar-refractivity contribution in [2.24, 2.45) is 0 Å². The maximum Gasteiger partial charge on any atom is 0.0220 e. The summed E-state index contributed by atoms with van der Waals surface area (Å²) < 4.78 is 2.61. The molecule has 0 amide bonds. The van der Waals surface area contributed by atoms with Crippen LogP contribution in [0.25, 0.3) is 0 Å². The van der Waals surface area contributed by atoms with Gasteiger partial charge in [-0.3, -0.25) is 4.67 Å². The SMILES string of the molecule is CCCN1CCSP1C. The summed E-state index contributed by atoms with van der Waals surface area (Å²) in [6.07, 6.45) is 1.31. The van der Waals surface area contributed by atoms with Crippen LogP contribution in [-0.2, 0) is 0 Å². The van der Waals surface area contributed by atoms with E-state index in [1.165, 1.54) is 25.3 Å². The van der Waals surface area contributed by atoms with Crippen molar-refractivity contribution in [3.8, 4) is 0 Å². The Hall–Kier alpha value is 0.740. The Kier molecular flexibility index (Phi) is 3.31. The van der Waals surface area contributed by atoms with E-state index in [-0.39, 0.29) is 7.27 Å². The molecule has 0 saturated carbocycles. The summed E-state index contributed by atoms with van der Waals surface area (Å²) in [5, 5.41) is 0. The van der Waals surface area contributed by atoms with Crippen molar-refractivity contribution in [1.82, 2.24) is 4.67 Å². The van der Waals surface area contributed by atoms with E-state index in [0.717, 1.165) is 0 Å². The van der Waals surface area contributed by atoms with Crippen LogP contribution in [0.5, 0.6) is 0 Å². The topological polar surface area (TPSA) is 3.24 Å². The van der Waals surface area contributed by atoms with Crippen molar-refractivity contribution in [3.05, 3.63) is 0 Å². The molecular weight excluding hydrogens is 149 g/mol. The van der Waals surface area contributed by atoms with Crippen LogP contribution >= 0.6 is 18.7 Å². The first-order chi connectivity index (χ1) is 4.34. The molecular formula is C6H14NPS. The van der Waals surface area contributed by atoms with Crippen LogP contribution in [0, 0.1) is 0 Å². The molecule has 3 heteroatoms. The Bertz CT molecular complexity index is 89.1. The zero-order chi connectivity index (χ0) is 6.69. The molecule has 54 valence electrons. The Morgan fingerprint density at radius 1 is 1.67 bits per heavy atom. The van der Waals surface area contributed by atoms with Crippen molar-refractivity contribution >= 4 is 18.7 Å². The van der Waals surface area contributed by atoms with Gasteiger partial charge in [-0.05, 0) is 13.1 Å². The van der Waals surface area contributed by atoms with E-state index < -0.39 is 0 Å². The first-order valence-corrected chi connectivity index (χ1v) is 6.79. The first-order valence-electron chi connectivity index (χ1n) is 3.46. The maximum absolute atomic E-state index is 2.61. The lowest BCUT2D eigenvalue weighted by atomic mass is 10.5. The quantitative estimate of drug-likeness (QED) is 0.575. The third kappa shape index (κ3) is 2.10. The fourth-order valence-electron chi connectivity index (χ4n) is 1.01. The molecule has 1 fully saturated rings. The molecule has 1 aliphatic rings. The van der Waals surface area contributed by atoms with Crippen molar-refractivity contribution in [2.75, 3.05) is 25.5 Å². The van der Waals surface area contributed by atoms with E-state index in [0.29, 0.717) is 0 Å². The van der Waals surface area contributed by atoms with E-state index in [9.17, 15) is 0 Å². The van der Waals surface area contributed by atoms with Crippen molar-refractivity contribution in [3.63, 3.8) is 0 Å². The Morgan fingerprint density at radius 2 is 2.44 bits per heavy atom. The van der Waals surface area contributed by atoms with Gasteiger partial charge in [-0.25, -0.2) is 0 Å². The molecule has 1 unspecified atom stereocenters. The predicted molar refractivity (Wildman–Crippen MR) is 47.2 cm³/mol. The molecule has 0 bridgehead atoms. The van der Waals surface area contributed by atoms with Gasteiger partial charge in [0.05, 0.1) is 0 Å². The molecule has 1 nitrogen and oxygen atoms in total. The smallest absolute Gasteiger partial charge is 0.0220 e. The number of rotatable bonds is 2. The lowest BCUT2D eigenvalue weighted by Crippen LogP contribution is -2.14. The molecule has 1 rings (SSSR count). The van der Waals surface area contributed by atoms with Crippen LogP contribution < -0.4 is 0 Å². The van der Waals surface area contributed by atoms with Crippen molar-refractivity contribution in [1.29, 1.82) is 0 Å². The molecule has 0 aromatic carbocycles. The number of hydrogen-bond donors (Lipinski definition) is 0. The summed E-state index contributed by atoms with van der Waals surface area (Å²) in [6.45, 7) is 7.27. The Labute approximate surface area is 62.7 Å². The fourth-order valence-corrected chi connectivity index (χ4v) is 4.76. The zero-order valence-corrected chi connectivity index (χ0v) is 7.84. The molecule has 0 spiro atoms. The summed E-state index contributed by atoms with van der Waals surface area (Å²) >= 11 is 2.14. The van der Waals surface area contributed by atoms with Crippen LogP contribution in [0.3, 0.4) is 0 Å². The minimum atomic E-state index is 0.216. The lowest BCUT2D eigenvalue weighted by molar-refractivity contribution is 0.495. The average Bonchev–Trinajstić information content (AvgIpc) is 2.18. The Balaban J connectivity index is 2.22. The summed E-state index contributed by atoms with van der Waals surface area (Å²) in [6, 6.07) is 0. The highest BCUT2D eigenvalue weighted by atomic mass is 32.7. The third-order valence-corrected chi connectivity index (χ3v) is 5.80. The lowest BCUT2D eigenvalue weighted by Gasteiger charge is -2.17. The highest BCUT2D eigenvalue weighted by Crippen LogP contribution is 2.54. The van der Waals surface area contributed by atoms with Crippen LogP contribution in [-0.4, -0.2) is 30.2 Å². The third-order valence-electron chi connectivity index (χ3n) is 1.51. The number of nitrogens with zero attached hydrogens (tertiary/aromatic N) is 1. The van der Waals surface area contributed by atoms with Gasteiger partial charge in [0.15, 0.2) is 0 Å². The molecule has 0 aromatic heterocycles. The Morgan fingerprint density at radius 3 is 2.89 bits per heavy atom. The van der Waals surface area contributed by atoms with Crippen LogP contribution in [0.2, 0.25) is 0 Å². The standard InChI is InChI=1S/C6H14NPS/c1-3-4-7-5-6-9-8(7)2/h3-6H2,1-2H3. The molecule has 0 aliphatic carbocycles. The molecule has 9 heavy (non-hydrogen) atoms. The molecule has 1 atom stereocenters. The second-order valence-electron chi connectivity index (χ2n) is 2.25. The largest absolute Gasteiger partial charge is 0.273 e. The maximum atomic E-state index is 2.61. The molecule has 0 aromatic rings. The van der Waals surface area contributed by atoms with Gasteiger partial charge in [-0.2, -0.15) is 0 Å². The molecule has 1 aliphatic heterocycles. The van der Waals surface area contributed by atoms with E-state index >= 15 is 0 Å². The van der Waals surface area contributed by atoms with Crippen LogP contribution in [0.4, 0.5) is 0 Å². The van der Waals surface area contributed by atoms with E-state index in [4.69, 9.17) is 0 Å². The van der Waals surface area contributed by atoms with Crippen molar-refractivity contribution < 1.29 is 0 Å². The summed E-state index contributed by atoms with van der Waals surface area (Å²) in [4.78, 5) is 0. The fraction of sp³-hybridized carbons (Fsp3) is 1.00. The van der Waals surface area contributed by atoms with Crippen LogP contribution in [0.15, 0.2) is 0 Å². The van der Waals surface area contributed by atoms with Crippen molar-refractivity contribution in [2.45, 2.75) is 13.3 Å². The van der Waals surface area contributed by atoms with Gasteiger partial charge in [0.1, 0.15) is 0 Å². The summed E-state index contributed by atoms with van der Waals surface area (Å²) in [7, 11) is 0.216. The van der Waals surface area contributed by atoms with Gasteiger partial charge in [-0.15, -0.1) is 11.4 Å².